The molecule has 0 amide bonds. The van der Waals surface area contributed by atoms with Crippen LogP contribution in [0.1, 0.15) is 15.9 Å². The Morgan fingerprint density at radius 3 is 2.70 bits per heavy atom. The van der Waals surface area contributed by atoms with Gasteiger partial charge in [0.05, 0.1) is 22.1 Å². The fraction of sp³-hybridized carbons (Fsp3) is 0. The number of nitro groups is 1. The number of nitro benzene ring substituents is 1. The number of hydrazone groups is 1. The van der Waals surface area contributed by atoms with Crippen molar-refractivity contribution in [1.82, 2.24) is 0 Å². The van der Waals surface area contributed by atoms with Gasteiger partial charge in [-0.15, -0.1) is 0 Å². The largest absolute Gasteiger partial charge is 0.545 e. The van der Waals surface area contributed by atoms with Crippen molar-refractivity contribution in [3.05, 3.63) is 75.8 Å². The predicted molar refractivity (Wildman–Crippen MR) is 85.0 cm³/mol. The maximum atomic E-state index is 10.9. The first kappa shape index (κ1) is 15.9. The summed E-state index contributed by atoms with van der Waals surface area (Å²) in [5, 5.41) is 25.5. The van der Waals surface area contributed by atoms with E-state index in [4.69, 9.17) is 0 Å². The standard InChI is InChI=1S/C16H13N3O4/c20-16(21)13-6-3-8-14(11-13)18-17-10-4-7-12-5-1-2-9-15(12)19(22)23/h1-11,18H,(H,20,21)/p-1/b7-4+,17-10-. The lowest BCUT2D eigenvalue weighted by atomic mass is 10.2. The summed E-state index contributed by atoms with van der Waals surface area (Å²) in [6.45, 7) is 0. The molecule has 0 aliphatic carbocycles. The first-order valence-corrected chi connectivity index (χ1v) is 6.58. The van der Waals surface area contributed by atoms with Gasteiger partial charge in [-0.25, -0.2) is 0 Å². The van der Waals surface area contributed by atoms with Crippen molar-refractivity contribution in [2.75, 3.05) is 5.43 Å². The molecule has 116 valence electrons. The topological polar surface area (TPSA) is 108 Å². The summed E-state index contributed by atoms with van der Waals surface area (Å²) < 4.78 is 0. The SMILES string of the molecule is O=C([O-])c1cccc(N/N=C\C=C\c2ccccc2[N+](=O)[O-])c1. The summed E-state index contributed by atoms with van der Waals surface area (Å²) in [4.78, 5) is 21.1. The molecular formula is C16H12N3O4-. The molecule has 0 radical (unpaired) electrons. The summed E-state index contributed by atoms with van der Waals surface area (Å²) in [5.41, 5.74) is 3.65. The van der Waals surface area contributed by atoms with Gasteiger partial charge in [0.2, 0.25) is 0 Å². The van der Waals surface area contributed by atoms with Crippen molar-refractivity contribution in [2.45, 2.75) is 0 Å². The molecule has 2 aromatic rings. The molecule has 0 heterocycles. The van der Waals surface area contributed by atoms with Gasteiger partial charge in [-0.2, -0.15) is 5.10 Å². The molecule has 0 unspecified atom stereocenters. The van der Waals surface area contributed by atoms with Gasteiger partial charge in [0.15, 0.2) is 0 Å². The van der Waals surface area contributed by atoms with E-state index in [1.807, 2.05) is 0 Å². The molecule has 0 saturated carbocycles. The number of carboxylic acids is 1. The van der Waals surface area contributed by atoms with Crippen LogP contribution in [-0.2, 0) is 0 Å². The average Bonchev–Trinajstić information content (AvgIpc) is 2.55. The first-order valence-electron chi connectivity index (χ1n) is 6.58. The Balaban J connectivity index is 2.01. The predicted octanol–water partition coefficient (Wildman–Crippen LogP) is 2.07. The Labute approximate surface area is 131 Å². The van der Waals surface area contributed by atoms with E-state index < -0.39 is 10.9 Å². The highest BCUT2D eigenvalue weighted by Crippen LogP contribution is 2.18. The third-order valence-electron chi connectivity index (χ3n) is 2.86. The van der Waals surface area contributed by atoms with E-state index in [-0.39, 0.29) is 11.3 Å². The van der Waals surface area contributed by atoms with Gasteiger partial charge in [-0.05, 0) is 35.9 Å². The molecule has 0 saturated heterocycles. The summed E-state index contributed by atoms with van der Waals surface area (Å²) in [6, 6.07) is 12.3. The van der Waals surface area contributed by atoms with Gasteiger partial charge in [-0.1, -0.05) is 24.3 Å². The Morgan fingerprint density at radius 1 is 1.17 bits per heavy atom. The molecule has 0 spiro atoms. The van der Waals surface area contributed by atoms with Crippen LogP contribution in [0.5, 0.6) is 0 Å². The fourth-order valence-electron chi connectivity index (χ4n) is 1.81. The number of benzene rings is 2. The second kappa shape index (κ2) is 7.51. The van der Waals surface area contributed by atoms with E-state index >= 15 is 0 Å². The number of nitrogens with zero attached hydrogens (tertiary/aromatic N) is 2. The van der Waals surface area contributed by atoms with Gasteiger partial charge in [-0.3, -0.25) is 15.5 Å². The molecule has 2 rings (SSSR count). The smallest absolute Gasteiger partial charge is 0.276 e. The molecule has 0 atom stereocenters. The highest BCUT2D eigenvalue weighted by Gasteiger charge is 2.08. The van der Waals surface area contributed by atoms with Crippen LogP contribution in [0.25, 0.3) is 6.08 Å². The highest BCUT2D eigenvalue weighted by molar-refractivity contribution is 5.87. The fourth-order valence-corrected chi connectivity index (χ4v) is 1.81. The molecule has 0 aliphatic rings. The normalized spacial score (nSPS) is 11.0. The number of para-hydroxylation sites is 1. The van der Waals surface area contributed by atoms with Gasteiger partial charge < -0.3 is 9.90 Å². The number of hydrogen-bond donors (Lipinski definition) is 1. The van der Waals surface area contributed by atoms with E-state index in [1.54, 1.807) is 36.4 Å². The lowest BCUT2D eigenvalue weighted by Gasteiger charge is -2.04. The minimum atomic E-state index is -1.27. The van der Waals surface area contributed by atoms with Crippen molar-refractivity contribution in [3.8, 4) is 0 Å². The zero-order chi connectivity index (χ0) is 16.7. The van der Waals surface area contributed by atoms with Gasteiger partial charge >= 0.3 is 0 Å². The van der Waals surface area contributed by atoms with E-state index in [1.165, 1.54) is 30.5 Å². The number of anilines is 1. The first-order chi connectivity index (χ1) is 11.1. The number of carboxylic acid groups (broad SMARTS) is 1. The molecule has 7 heteroatoms. The number of carbonyl (C=O) groups is 1. The summed E-state index contributed by atoms with van der Waals surface area (Å²) in [5.74, 6) is -1.27. The summed E-state index contributed by atoms with van der Waals surface area (Å²) in [6.07, 6.45) is 4.50. The van der Waals surface area contributed by atoms with Crippen molar-refractivity contribution < 1.29 is 14.8 Å². The average molecular weight is 310 g/mol. The van der Waals surface area contributed by atoms with Gasteiger partial charge in [0, 0.05) is 12.3 Å². The minimum Gasteiger partial charge on any atom is -0.545 e. The van der Waals surface area contributed by atoms with Crippen LogP contribution in [0.2, 0.25) is 0 Å². The number of allylic oxidation sites excluding steroid dienone is 1. The number of nitrogens with one attached hydrogen (secondary N) is 1. The summed E-state index contributed by atoms with van der Waals surface area (Å²) >= 11 is 0. The minimum absolute atomic E-state index is 0.00627. The van der Waals surface area contributed by atoms with Crippen molar-refractivity contribution in [1.29, 1.82) is 0 Å². The van der Waals surface area contributed by atoms with Crippen LogP contribution in [0.15, 0.2) is 59.7 Å². The monoisotopic (exact) mass is 310 g/mol. The van der Waals surface area contributed by atoms with E-state index in [0.29, 0.717) is 11.3 Å². The number of hydrogen-bond acceptors (Lipinski definition) is 6. The number of carbonyl (C=O) groups excluding carboxylic acids is 1. The molecule has 0 aromatic heterocycles. The second-order valence-electron chi connectivity index (χ2n) is 4.43. The maximum Gasteiger partial charge on any atom is 0.276 e. The van der Waals surface area contributed by atoms with Crippen LogP contribution in [0.4, 0.5) is 11.4 Å². The molecule has 0 fully saturated rings. The molecule has 7 nitrogen and oxygen atoms in total. The van der Waals surface area contributed by atoms with Crippen LogP contribution >= 0.6 is 0 Å². The van der Waals surface area contributed by atoms with Crippen LogP contribution in [0, 0.1) is 10.1 Å². The number of rotatable bonds is 6. The maximum absolute atomic E-state index is 10.9. The van der Waals surface area contributed by atoms with Crippen molar-refractivity contribution in [2.24, 2.45) is 5.10 Å². The van der Waals surface area contributed by atoms with Crippen molar-refractivity contribution in [3.63, 3.8) is 0 Å². The van der Waals surface area contributed by atoms with Crippen LogP contribution in [-0.4, -0.2) is 17.1 Å². The zero-order valence-electron chi connectivity index (χ0n) is 11.9. The van der Waals surface area contributed by atoms with Gasteiger partial charge in [0.25, 0.3) is 5.69 Å². The molecule has 0 bridgehead atoms. The second-order valence-corrected chi connectivity index (χ2v) is 4.43. The Bertz CT molecular complexity index is 784. The molecule has 2 aromatic carbocycles. The number of aromatic carboxylic acids is 1. The van der Waals surface area contributed by atoms with E-state index in [9.17, 15) is 20.0 Å². The Hall–Kier alpha value is -3.48. The zero-order valence-corrected chi connectivity index (χ0v) is 11.9. The van der Waals surface area contributed by atoms with Gasteiger partial charge in [0.1, 0.15) is 0 Å². The molecule has 23 heavy (non-hydrogen) atoms. The highest BCUT2D eigenvalue weighted by atomic mass is 16.6. The van der Waals surface area contributed by atoms with Crippen LogP contribution < -0.4 is 10.5 Å². The lowest BCUT2D eigenvalue weighted by molar-refractivity contribution is -0.385. The quantitative estimate of drug-likeness (QED) is 0.499. The van der Waals surface area contributed by atoms with E-state index in [0.717, 1.165) is 0 Å². The van der Waals surface area contributed by atoms with E-state index in [2.05, 4.69) is 10.5 Å². The molecule has 0 aliphatic heterocycles. The van der Waals surface area contributed by atoms with Crippen molar-refractivity contribution >= 4 is 29.6 Å². The molecule has 1 N–H and O–H groups in total. The molecular weight excluding hydrogens is 298 g/mol. The Kier molecular flexibility index (Phi) is 5.19. The third kappa shape index (κ3) is 4.50. The third-order valence-corrected chi connectivity index (χ3v) is 2.86. The van der Waals surface area contributed by atoms with Crippen LogP contribution in [0.3, 0.4) is 0 Å². The summed E-state index contributed by atoms with van der Waals surface area (Å²) in [7, 11) is 0. The Morgan fingerprint density at radius 2 is 1.96 bits per heavy atom. The lowest BCUT2D eigenvalue weighted by Crippen LogP contribution is -2.22.